The topological polar surface area (TPSA) is 107 Å². The number of hydrazone groups is 1. The number of nitrogens with one attached hydrogen (secondary N) is 1. The lowest BCUT2D eigenvalue weighted by atomic mass is 10.2. The molecule has 7 nitrogen and oxygen atoms in total. The van der Waals surface area contributed by atoms with Gasteiger partial charge in [-0.05, 0) is 72.2 Å². The van der Waals surface area contributed by atoms with Crippen LogP contribution < -0.4 is 10.6 Å². The van der Waals surface area contributed by atoms with E-state index in [4.69, 9.17) is 5.14 Å². The molecule has 3 N–H and O–H groups in total. The number of amides is 1. The average Bonchev–Trinajstić information content (AvgIpc) is 2.95. The Labute approximate surface area is 177 Å². The Morgan fingerprint density at radius 3 is 2.41 bits per heavy atom. The number of aryl methyl sites for hydroxylation is 1. The summed E-state index contributed by atoms with van der Waals surface area (Å²) < 4.78 is 25.5. The van der Waals surface area contributed by atoms with Gasteiger partial charge in [-0.2, -0.15) is 5.10 Å². The van der Waals surface area contributed by atoms with Gasteiger partial charge in [0.1, 0.15) is 0 Å². The second-order valence-electron chi connectivity index (χ2n) is 6.38. The van der Waals surface area contributed by atoms with Crippen molar-refractivity contribution < 1.29 is 13.2 Å². The fraction of sp³-hybridized carbons (Fsp3) is 0.100. The van der Waals surface area contributed by atoms with E-state index in [-0.39, 0.29) is 10.8 Å². The molecule has 0 atom stereocenters. The molecule has 0 aliphatic carbocycles. The van der Waals surface area contributed by atoms with E-state index in [1.165, 1.54) is 12.1 Å². The molecule has 2 aromatic carbocycles. The maximum absolute atomic E-state index is 12.2. The molecule has 0 spiro atoms. The van der Waals surface area contributed by atoms with Crippen LogP contribution in [-0.2, 0) is 10.0 Å². The van der Waals surface area contributed by atoms with E-state index in [2.05, 4.69) is 26.5 Å². The van der Waals surface area contributed by atoms with Crippen molar-refractivity contribution in [2.24, 2.45) is 10.2 Å². The van der Waals surface area contributed by atoms with Crippen LogP contribution in [0.1, 0.15) is 27.3 Å². The van der Waals surface area contributed by atoms with E-state index in [1.54, 1.807) is 36.5 Å². The Bertz CT molecular complexity index is 1200. The van der Waals surface area contributed by atoms with Crippen molar-refractivity contribution in [2.45, 2.75) is 18.7 Å². The highest BCUT2D eigenvalue weighted by Gasteiger charge is 2.12. The monoisotopic (exact) mass is 474 g/mol. The van der Waals surface area contributed by atoms with Gasteiger partial charge < -0.3 is 4.57 Å². The van der Waals surface area contributed by atoms with Crippen LogP contribution in [0, 0.1) is 13.8 Å². The summed E-state index contributed by atoms with van der Waals surface area (Å²) in [6.45, 7) is 3.84. The first-order chi connectivity index (χ1) is 13.7. The van der Waals surface area contributed by atoms with Crippen molar-refractivity contribution in [1.29, 1.82) is 0 Å². The Hall–Kier alpha value is -2.75. The Kier molecular flexibility index (Phi) is 6.02. The number of hydrogen-bond donors (Lipinski definition) is 2. The molecule has 3 aromatic rings. The van der Waals surface area contributed by atoms with Gasteiger partial charge in [0.2, 0.25) is 10.0 Å². The number of nitrogens with zero attached hydrogens (tertiary/aromatic N) is 2. The summed E-state index contributed by atoms with van der Waals surface area (Å²) in [7, 11) is -3.74. The number of carbonyl (C=O) groups excluding carboxylic acids is 1. The number of primary sulfonamides is 1. The maximum Gasteiger partial charge on any atom is 0.272 e. The van der Waals surface area contributed by atoms with Crippen molar-refractivity contribution in [2.75, 3.05) is 0 Å². The SMILES string of the molecule is Cc1cc(/C=N\NC(=O)c2ccccc2Br)c(C)n1-c1ccc(S(N)(=O)=O)cc1. The molecule has 1 aromatic heterocycles. The zero-order chi connectivity index (χ0) is 21.2. The second kappa shape index (κ2) is 8.32. The van der Waals surface area contributed by atoms with Crippen molar-refractivity contribution in [3.63, 3.8) is 0 Å². The molecular weight excluding hydrogens is 456 g/mol. The minimum Gasteiger partial charge on any atom is -0.318 e. The predicted molar refractivity (Wildman–Crippen MR) is 116 cm³/mol. The van der Waals surface area contributed by atoms with Gasteiger partial charge in [0.25, 0.3) is 5.91 Å². The zero-order valence-electron chi connectivity index (χ0n) is 15.8. The molecule has 0 radical (unpaired) electrons. The Balaban J connectivity index is 1.82. The van der Waals surface area contributed by atoms with E-state index < -0.39 is 10.0 Å². The van der Waals surface area contributed by atoms with Crippen LogP contribution in [0.2, 0.25) is 0 Å². The third kappa shape index (κ3) is 4.64. The van der Waals surface area contributed by atoms with E-state index >= 15 is 0 Å². The van der Waals surface area contributed by atoms with Crippen LogP contribution in [-0.4, -0.2) is 25.1 Å². The highest BCUT2D eigenvalue weighted by Crippen LogP contribution is 2.21. The standard InChI is InChI=1S/C20H19BrN4O3S/c1-13-11-15(12-23-24-20(26)18-5-3-4-6-19(18)21)14(2)25(13)16-7-9-17(10-8-16)29(22,27)28/h3-12H,1-2H3,(H,24,26)(H2,22,27,28)/b23-12-. The number of hydrogen-bond acceptors (Lipinski definition) is 4. The quantitative estimate of drug-likeness (QED) is 0.437. The fourth-order valence-electron chi connectivity index (χ4n) is 2.97. The van der Waals surface area contributed by atoms with Gasteiger partial charge >= 0.3 is 0 Å². The molecule has 0 saturated carbocycles. The van der Waals surface area contributed by atoms with E-state index in [9.17, 15) is 13.2 Å². The van der Waals surface area contributed by atoms with Crippen LogP contribution >= 0.6 is 15.9 Å². The predicted octanol–water partition coefficient (Wildman–Crippen LogP) is 3.27. The average molecular weight is 475 g/mol. The zero-order valence-corrected chi connectivity index (χ0v) is 18.2. The third-order valence-electron chi connectivity index (χ3n) is 4.38. The number of rotatable bonds is 5. The van der Waals surface area contributed by atoms with Crippen molar-refractivity contribution in [3.8, 4) is 5.69 Å². The van der Waals surface area contributed by atoms with Crippen molar-refractivity contribution >= 4 is 38.1 Å². The molecule has 0 unspecified atom stereocenters. The number of nitrogens with two attached hydrogens (primary N) is 1. The minimum atomic E-state index is -3.74. The van der Waals surface area contributed by atoms with Crippen LogP contribution in [0.3, 0.4) is 0 Å². The summed E-state index contributed by atoms with van der Waals surface area (Å²) in [6, 6.07) is 15.3. The molecule has 0 bridgehead atoms. The minimum absolute atomic E-state index is 0.0558. The first kappa shape index (κ1) is 21.0. The fourth-order valence-corrected chi connectivity index (χ4v) is 3.95. The van der Waals surface area contributed by atoms with Crippen LogP contribution in [0.25, 0.3) is 5.69 Å². The van der Waals surface area contributed by atoms with Crippen LogP contribution in [0.4, 0.5) is 0 Å². The maximum atomic E-state index is 12.2. The molecule has 0 fully saturated rings. The first-order valence-electron chi connectivity index (χ1n) is 8.58. The number of sulfonamides is 1. The van der Waals surface area contributed by atoms with E-state index in [0.29, 0.717) is 10.0 Å². The summed E-state index contributed by atoms with van der Waals surface area (Å²) in [5.74, 6) is -0.318. The smallest absolute Gasteiger partial charge is 0.272 e. The molecule has 150 valence electrons. The molecule has 29 heavy (non-hydrogen) atoms. The highest BCUT2D eigenvalue weighted by atomic mass is 79.9. The number of carbonyl (C=O) groups is 1. The highest BCUT2D eigenvalue weighted by molar-refractivity contribution is 9.10. The lowest BCUT2D eigenvalue weighted by Gasteiger charge is -2.10. The van der Waals surface area contributed by atoms with E-state index in [0.717, 1.165) is 22.6 Å². The Morgan fingerprint density at radius 1 is 1.14 bits per heavy atom. The normalized spacial score (nSPS) is 11.7. The molecule has 1 amide bonds. The van der Waals surface area contributed by atoms with Gasteiger partial charge in [-0.25, -0.2) is 19.0 Å². The molecule has 0 saturated heterocycles. The number of benzene rings is 2. The largest absolute Gasteiger partial charge is 0.318 e. The Morgan fingerprint density at radius 2 is 1.79 bits per heavy atom. The van der Waals surface area contributed by atoms with Gasteiger partial charge in [-0.1, -0.05) is 12.1 Å². The van der Waals surface area contributed by atoms with Crippen LogP contribution in [0.5, 0.6) is 0 Å². The molecule has 0 aliphatic heterocycles. The van der Waals surface area contributed by atoms with Gasteiger partial charge in [0.05, 0.1) is 16.7 Å². The lowest BCUT2D eigenvalue weighted by Crippen LogP contribution is -2.18. The molecule has 9 heteroatoms. The van der Waals surface area contributed by atoms with Crippen molar-refractivity contribution in [1.82, 2.24) is 9.99 Å². The number of aromatic nitrogens is 1. The third-order valence-corrected chi connectivity index (χ3v) is 6.00. The number of halogens is 1. The summed E-state index contributed by atoms with van der Waals surface area (Å²) in [5.41, 5.74) is 6.46. The second-order valence-corrected chi connectivity index (χ2v) is 8.80. The summed E-state index contributed by atoms with van der Waals surface area (Å²) in [5, 5.41) is 9.21. The van der Waals surface area contributed by atoms with Gasteiger partial charge in [-0.15, -0.1) is 0 Å². The summed E-state index contributed by atoms with van der Waals surface area (Å²) in [4.78, 5) is 12.3. The molecule has 0 aliphatic rings. The molecule has 1 heterocycles. The summed E-state index contributed by atoms with van der Waals surface area (Å²) in [6.07, 6.45) is 1.58. The van der Waals surface area contributed by atoms with Gasteiger partial charge in [-0.3, -0.25) is 4.79 Å². The molecule has 3 rings (SSSR count). The molecular formula is C20H19BrN4O3S. The van der Waals surface area contributed by atoms with Gasteiger partial charge in [0.15, 0.2) is 0 Å². The summed E-state index contributed by atoms with van der Waals surface area (Å²) >= 11 is 3.34. The lowest BCUT2D eigenvalue weighted by molar-refractivity contribution is 0.0954. The first-order valence-corrected chi connectivity index (χ1v) is 10.9. The van der Waals surface area contributed by atoms with Gasteiger partial charge in [0, 0.05) is 27.1 Å². The van der Waals surface area contributed by atoms with Crippen molar-refractivity contribution in [3.05, 3.63) is 81.6 Å². The van der Waals surface area contributed by atoms with Crippen LogP contribution in [0.15, 0.2) is 69.1 Å². The van der Waals surface area contributed by atoms with E-state index in [1.807, 2.05) is 30.5 Å².